The molecule has 0 aliphatic rings. The van der Waals surface area contributed by atoms with Gasteiger partial charge in [-0.1, -0.05) is 0 Å². The van der Waals surface area contributed by atoms with Crippen LogP contribution in [0.5, 0.6) is 0 Å². The van der Waals surface area contributed by atoms with Crippen LogP contribution in [0.2, 0.25) is 0 Å². The zero-order chi connectivity index (χ0) is 15.0. The summed E-state index contributed by atoms with van der Waals surface area (Å²) in [6, 6.07) is 9.72. The number of nitrogen functional groups attached to an aromatic ring is 1. The van der Waals surface area contributed by atoms with Crippen LogP contribution < -0.4 is 10.5 Å². The van der Waals surface area contributed by atoms with Gasteiger partial charge < -0.3 is 5.73 Å². The first-order valence-electron chi connectivity index (χ1n) is 5.87. The number of nitrogens with one attached hydrogen (secondary N) is 1. The topological polar surface area (TPSA) is 85.1 Å². The predicted octanol–water partition coefficient (Wildman–Crippen LogP) is 3.44. The highest BCUT2D eigenvalue weighted by atomic mass is 79.9. The number of aromatic nitrogens is 1. The number of thiazole rings is 1. The molecule has 0 unspecified atom stereocenters. The third-order valence-corrected chi connectivity index (χ3v) is 5.72. The van der Waals surface area contributed by atoms with E-state index < -0.39 is 10.0 Å². The summed E-state index contributed by atoms with van der Waals surface area (Å²) in [6.07, 6.45) is 0. The first kappa shape index (κ1) is 14.3. The van der Waals surface area contributed by atoms with Crippen molar-refractivity contribution >= 4 is 58.9 Å². The molecule has 3 N–H and O–H groups in total. The predicted molar refractivity (Wildman–Crippen MR) is 89.0 cm³/mol. The lowest BCUT2D eigenvalue weighted by Crippen LogP contribution is -2.13. The van der Waals surface area contributed by atoms with E-state index in [2.05, 4.69) is 25.6 Å². The quantitative estimate of drug-likeness (QED) is 0.678. The third kappa shape index (κ3) is 2.87. The number of rotatable bonds is 3. The van der Waals surface area contributed by atoms with E-state index in [1.165, 1.54) is 23.5 Å². The first-order valence-corrected chi connectivity index (χ1v) is 9.02. The number of sulfonamides is 1. The van der Waals surface area contributed by atoms with E-state index in [9.17, 15) is 8.42 Å². The molecule has 21 heavy (non-hydrogen) atoms. The maximum absolute atomic E-state index is 12.4. The van der Waals surface area contributed by atoms with Crippen LogP contribution in [-0.4, -0.2) is 13.4 Å². The van der Waals surface area contributed by atoms with Crippen LogP contribution in [-0.2, 0) is 10.0 Å². The van der Waals surface area contributed by atoms with Gasteiger partial charge in [0.25, 0.3) is 10.0 Å². The van der Waals surface area contributed by atoms with E-state index in [1.807, 2.05) is 0 Å². The van der Waals surface area contributed by atoms with Gasteiger partial charge in [-0.05, 0) is 52.3 Å². The van der Waals surface area contributed by atoms with Crippen molar-refractivity contribution in [3.8, 4) is 0 Å². The molecule has 0 bridgehead atoms. The zero-order valence-corrected chi connectivity index (χ0v) is 13.8. The van der Waals surface area contributed by atoms with E-state index in [0.717, 1.165) is 10.2 Å². The maximum atomic E-state index is 12.4. The van der Waals surface area contributed by atoms with Crippen molar-refractivity contribution in [2.24, 2.45) is 0 Å². The zero-order valence-electron chi connectivity index (χ0n) is 10.6. The van der Waals surface area contributed by atoms with Crippen molar-refractivity contribution in [1.29, 1.82) is 0 Å². The van der Waals surface area contributed by atoms with Crippen LogP contribution in [0.1, 0.15) is 0 Å². The number of nitrogens with zero attached hydrogens (tertiary/aromatic N) is 1. The Balaban J connectivity index is 1.96. The molecular weight excluding hydrogens is 374 g/mol. The molecule has 108 valence electrons. The van der Waals surface area contributed by atoms with Crippen LogP contribution >= 0.6 is 27.3 Å². The molecule has 0 atom stereocenters. The monoisotopic (exact) mass is 383 g/mol. The molecule has 0 saturated heterocycles. The van der Waals surface area contributed by atoms with Gasteiger partial charge in [-0.15, -0.1) is 11.3 Å². The molecule has 1 heterocycles. The molecule has 0 aliphatic carbocycles. The highest BCUT2D eigenvalue weighted by Gasteiger charge is 2.15. The van der Waals surface area contributed by atoms with E-state index in [4.69, 9.17) is 5.73 Å². The fourth-order valence-corrected chi connectivity index (χ4v) is 4.13. The summed E-state index contributed by atoms with van der Waals surface area (Å²) in [6.45, 7) is 0. The Morgan fingerprint density at radius 2 is 2.00 bits per heavy atom. The summed E-state index contributed by atoms with van der Waals surface area (Å²) in [4.78, 5) is 4.30. The average molecular weight is 384 g/mol. The van der Waals surface area contributed by atoms with Crippen molar-refractivity contribution in [2.75, 3.05) is 10.5 Å². The van der Waals surface area contributed by atoms with Crippen molar-refractivity contribution in [2.45, 2.75) is 4.90 Å². The van der Waals surface area contributed by atoms with Gasteiger partial charge in [-0.2, -0.15) is 0 Å². The molecule has 0 fully saturated rings. The van der Waals surface area contributed by atoms with E-state index in [1.54, 1.807) is 29.8 Å². The molecule has 8 heteroatoms. The lowest BCUT2D eigenvalue weighted by atomic mass is 10.3. The summed E-state index contributed by atoms with van der Waals surface area (Å²) in [5.74, 6) is 0. The largest absolute Gasteiger partial charge is 0.398 e. The molecule has 0 spiro atoms. The minimum Gasteiger partial charge on any atom is -0.398 e. The van der Waals surface area contributed by atoms with Crippen LogP contribution in [0, 0.1) is 0 Å². The summed E-state index contributed by atoms with van der Waals surface area (Å²) >= 11 is 4.69. The minimum atomic E-state index is -3.66. The average Bonchev–Trinajstić information content (AvgIpc) is 2.88. The molecule has 1 aromatic heterocycles. The Morgan fingerprint density at radius 3 is 2.76 bits per heavy atom. The number of hydrogen-bond donors (Lipinski definition) is 2. The molecule has 2 aromatic carbocycles. The number of nitrogens with two attached hydrogens (primary N) is 1. The number of fused-ring (bicyclic) bond motifs is 1. The Labute approximate surface area is 134 Å². The Kier molecular flexibility index (Phi) is 3.60. The van der Waals surface area contributed by atoms with Gasteiger partial charge in [0.05, 0.1) is 26.3 Å². The fraction of sp³-hybridized carbons (Fsp3) is 0. The molecule has 0 radical (unpaired) electrons. The molecule has 0 aliphatic heterocycles. The summed E-state index contributed by atoms with van der Waals surface area (Å²) < 4.78 is 28.7. The third-order valence-electron chi connectivity index (χ3n) is 2.87. The van der Waals surface area contributed by atoms with Gasteiger partial charge in [0.15, 0.2) is 0 Å². The Hall–Kier alpha value is -1.64. The highest BCUT2D eigenvalue weighted by molar-refractivity contribution is 9.10. The molecule has 0 amide bonds. The van der Waals surface area contributed by atoms with Gasteiger partial charge in [0, 0.05) is 10.2 Å². The molecular formula is C13H10BrN3O2S2. The summed E-state index contributed by atoms with van der Waals surface area (Å²) in [5.41, 5.74) is 9.22. The summed E-state index contributed by atoms with van der Waals surface area (Å²) in [7, 11) is -3.66. The maximum Gasteiger partial charge on any atom is 0.261 e. The van der Waals surface area contributed by atoms with Crippen LogP contribution in [0.25, 0.3) is 10.2 Å². The standard InChI is InChI=1S/C13H10BrN3O2S2/c14-10-6-9(2-3-11(10)15)21(18,19)17-8-1-4-12-13(5-8)20-7-16-12/h1-7,17H,15H2. The second kappa shape index (κ2) is 5.28. The van der Waals surface area contributed by atoms with Crippen LogP contribution in [0.15, 0.2) is 51.3 Å². The van der Waals surface area contributed by atoms with Gasteiger partial charge in [0.1, 0.15) is 0 Å². The minimum absolute atomic E-state index is 0.146. The van der Waals surface area contributed by atoms with Crippen molar-refractivity contribution in [1.82, 2.24) is 4.98 Å². The molecule has 3 rings (SSSR count). The molecule has 3 aromatic rings. The number of hydrogen-bond acceptors (Lipinski definition) is 5. The highest BCUT2D eigenvalue weighted by Crippen LogP contribution is 2.26. The summed E-state index contributed by atoms with van der Waals surface area (Å²) in [5, 5.41) is 0. The Morgan fingerprint density at radius 1 is 1.19 bits per heavy atom. The second-order valence-electron chi connectivity index (χ2n) is 4.32. The fourth-order valence-electron chi connectivity index (χ4n) is 1.81. The van der Waals surface area contributed by atoms with Crippen molar-refractivity contribution < 1.29 is 8.42 Å². The number of benzene rings is 2. The van der Waals surface area contributed by atoms with Gasteiger partial charge in [-0.3, -0.25) is 4.72 Å². The van der Waals surface area contributed by atoms with Crippen molar-refractivity contribution in [3.05, 3.63) is 46.4 Å². The smallest absolute Gasteiger partial charge is 0.261 e. The normalized spacial score (nSPS) is 11.7. The SMILES string of the molecule is Nc1ccc(S(=O)(=O)Nc2ccc3ncsc3c2)cc1Br. The molecule has 5 nitrogen and oxygen atoms in total. The van der Waals surface area contributed by atoms with E-state index in [-0.39, 0.29) is 4.90 Å². The van der Waals surface area contributed by atoms with Crippen LogP contribution in [0.3, 0.4) is 0 Å². The van der Waals surface area contributed by atoms with E-state index in [0.29, 0.717) is 15.8 Å². The van der Waals surface area contributed by atoms with Crippen molar-refractivity contribution in [3.63, 3.8) is 0 Å². The Bertz CT molecular complexity index is 922. The van der Waals surface area contributed by atoms with Gasteiger partial charge in [-0.25, -0.2) is 13.4 Å². The lowest BCUT2D eigenvalue weighted by molar-refractivity contribution is 0.601. The number of halogens is 1. The molecule has 0 saturated carbocycles. The lowest BCUT2D eigenvalue weighted by Gasteiger charge is -2.09. The number of anilines is 2. The van der Waals surface area contributed by atoms with Crippen LogP contribution in [0.4, 0.5) is 11.4 Å². The van der Waals surface area contributed by atoms with E-state index >= 15 is 0 Å². The van der Waals surface area contributed by atoms with Gasteiger partial charge >= 0.3 is 0 Å². The van der Waals surface area contributed by atoms with Gasteiger partial charge in [0.2, 0.25) is 0 Å². The second-order valence-corrected chi connectivity index (χ2v) is 7.75. The first-order chi connectivity index (χ1) is 9.95.